The Bertz CT molecular complexity index is 658. The molecule has 1 saturated heterocycles. The van der Waals surface area contributed by atoms with Crippen molar-refractivity contribution in [2.45, 2.75) is 32.7 Å². The smallest absolute Gasteiger partial charge is 0.341 e. The van der Waals surface area contributed by atoms with Crippen molar-refractivity contribution in [3.05, 3.63) is 28.0 Å². The van der Waals surface area contributed by atoms with Crippen molar-refractivity contribution < 1.29 is 9.53 Å². The topological polar surface area (TPSA) is 55.6 Å². The zero-order valence-corrected chi connectivity index (χ0v) is 15.0. The number of likely N-dealkylation sites (tertiary alicyclic amines) is 1. The highest BCUT2D eigenvalue weighted by Gasteiger charge is 2.26. The molecule has 2 N–H and O–H groups in total. The van der Waals surface area contributed by atoms with Gasteiger partial charge >= 0.3 is 5.97 Å². The average Bonchev–Trinajstić information content (AvgIpc) is 3.16. The number of hydrogen-bond acceptors (Lipinski definition) is 6. The van der Waals surface area contributed by atoms with Gasteiger partial charge in [-0.1, -0.05) is 12.5 Å². The van der Waals surface area contributed by atoms with Gasteiger partial charge in [0.2, 0.25) is 0 Å². The first-order valence-corrected chi connectivity index (χ1v) is 9.74. The summed E-state index contributed by atoms with van der Waals surface area (Å²) in [4.78, 5) is 17.1. The normalized spacial score (nSPS) is 15.7. The zero-order valence-electron chi connectivity index (χ0n) is 13.3. The van der Waals surface area contributed by atoms with E-state index in [1.165, 1.54) is 35.5 Å². The lowest BCUT2D eigenvalue weighted by Gasteiger charge is -2.26. The van der Waals surface area contributed by atoms with E-state index in [4.69, 9.17) is 10.5 Å². The molecule has 0 spiro atoms. The quantitative estimate of drug-likeness (QED) is 0.820. The lowest BCUT2D eigenvalue weighted by atomic mass is 10.1. The van der Waals surface area contributed by atoms with Gasteiger partial charge < -0.3 is 10.5 Å². The third kappa shape index (κ3) is 3.59. The highest BCUT2D eigenvalue weighted by Crippen LogP contribution is 2.41. The van der Waals surface area contributed by atoms with E-state index in [-0.39, 0.29) is 5.97 Å². The van der Waals surface area contributed by atoms with E-state index >= 15 is 0 Å². The maximum Gasteiger partial charge on any atom is 0.341 e. The number of ether oxygens (including phenoxy) is 1. The Balaban J connectivity index is 1.98. The highest BCUT2D eigenvalue weighted by atomic mass is 32.1. The van der Waals surface area contributed by atoms with E-state index in [1.54, 1.807) is 11.3 Å². The second kappa shape index (κ2) is 7.47. The molecule has 1 fully saturated rings. The number of piperidine rings is 1. The van der Waals surface area contributed by atoms with Crippen LogP contribution in [0, 0.1) is 0 Å². The molecule has 0 unspecified atom stereocenters. The summed E-state index contributed by atoms with van der Waals surface area (Å²) in [5, 5.41) is 2.60. The number of nitrogens with zero attached hydrogens (tertiary/aromatic N) is 1. The first-order chi connectivity index (χ1) is 11.2. The fourth-order valence-electron chi connectivity index (χ4n) is 3.02. The molecule has 0 aromatic carbocycles. The standard InChI is InChI=1S/C17H22N2O2S2/c1-2-21-17(20)15-14(12-7-6-10-22-12)13(23-16(15)18)11-19-8-4-3-5-9-19/h6-7,10H,2-5,8-9,11,18H2,1H3. The predicted octanol–water partition coefficient (Wildman–Crippen LogP) is 4.22. The van der Waals surface area contributed by atoms with Gasteiger partial charge in [-0.25, -0.2) is 4.79 Å². The minimum Gasteiger partial charge on any atom is -0.462 e. The van der Waals surface area contributed by atoms with Gasteiger partial charge in [0, 0.05) is 21.9 Å². The molecule has 4 nitrogen and oxygen atoms in total. The van der Waals surface area contributed by atoms with Crippen LogP contribution in [0.5, 0.6) is 0 Å². The van der Waals surface area contributed by atoms with Gasteiger partial charge in [-0.2, -0.15) is 0 Å². The van der Waals surface area contributed by atoms with E-state index in [2.05, 4.69) is 11.0 Å². The van der Waals surface area contributed by atoms with Crippen LogP contribution in [0.15, 0.2) is 17.5 Å². The number of rotatable bonds is 5. The number of carbonyl (C=O) groups is 1. The van der Waals surface area contributed by atoms with Crippen LogP contribution in [0.3, 0.4) is 0 Å². The summed E-state index contributed by atoms with van der Waals surface area (Å²) in [7, 11) is 0. The van der Waals surface area contributed by atoms with Crippen molar-refractivity contribution >= 4 is 33.6 Å². The lowest BCUT2D eigenvalue weighted by molar-refractivity contribution is 0.0529. The predicted molar refractivity (Wildman–Crippen MR) is 97.1 cm³/mol. The van der Waals surface area contributed by atoms with E-state index in [9.17, 15) is 4.79 Å². The summed E-state index contributed by atoms with van der Waals surface area (Å²) in [5.41, 5.74) is 7.71. The van der Waals surface area contributed by atoms with Crippen LogP contribution in [-0.4, -0.2) is 30.6 Å². The second-order valence-corrected chi connectivity index (χ2v) is 7.76. The molecular formula is C17H22N2O2S2. The monoisotopic (exact) mass is 350 g/mol. The molecule has 0 bridgehead atoms. The molecule has 23 heavy (non-hydrogen) atoms. The summed E-state index contributed by atoms with van der Waals surface area (Å²) in [5.74, 6) is -0.311. The highest BCUT2D eigenvalue weighted by molar-refractivity contribution is 7.18. The number of nitrogens with two attached hydrogens (primary N) is 1. The third-order valence-electron chi connectivity index (χ3n) is 4.07. The van der Waals surface area contributed by atoms with E-state index in [0.29, 0.717) is 17.2 Å². The van der Waals surface area contributed by atoms with E-state index < -0.39 is 0 Å². The van der Waals surface area contributed by atoms with E-state index in [1.807, 2.05) is 18.4 Å². The van der Waals surface area contributed by atoms with Crippen LogP contribution in [0.25, 0.3) is 10.4 Å². The Labute approximate surface area is 144 Å². The molecule has 3 rings (SSSR count). The maximum absolute atomic E-state index is 12.4. The molecule has 2 aromatic rings. The fourth-order valence-corrected chi connectivity index (χ4v) is 5.00. The Morgan fingerprint density at radius 3 is 2.78 bits per heavy atom. The molecule has 6 heteroatoms. The first kappa shape index (κ1) is 16.5. The van der Waals surface area contributed by atoms with Crippen molar-refractivity contribution in [2.24, 2.45) is 0 Å². The number of nitrogen functional groups attached to an aromatic ring is 1. The van der Waals surface area contributed by atoms with Crippen LogP contribution in [-0.2, 0) is 11.3 Å². The molecule has 124 valence electrons. The molecule has 3 heterocycles. The van der Waals surface area contributed by atoms with Gasteiger partial charge in [0.05, 0.1) is 6.61 Å². The minimum atomic E-state index is -0.311. The summed E-state index contributed by atoms with van der Waals surface area (Å²) in [6.45, 7) is 5.29. The van der Waals surface area contributed by atoms with Crippen LogP contribution >= 0.6 is 22.7 Å². The fraction of sp³-hybridized carbons (Fsp3) is 0.471. The third-order valence-corrected chi connectivity index (χ3v) is 5.96. The van der Waals surface area contributed by atoms with Crippen LogP contribution in [0.2, 0.25) is 0 Å². The molecule has 0 amide bonds. The van der Waals surface area contributed by atoms with Crippen molar-refractivity contribution in [2.75, 3.05) is 25.4 Å². The maximum atomic E-state index is 12.4. The zero-order chi connectivity index (χ0) is 16.2. The molecule has 0 radical (unpaired) electrons. The molecule has 0 atom stereocenters. The molecule has 2 aromatic heterocycles. The number of hydrogen-bond donors (Lipinski definition) is 1. The van der Waals surface area contributed by atoms with Gasteiger partial charge in [0.25, 0.3) is 0 Å². The minimum absolute atomic E-state index is 0.311. The van der Waals surface area contributed by atoms with Crippen molar-refractivity contribution in [1.82, 2.24) is 4.90 Å². The van der Waals surface area contributed by atoms with Crippen LogP contribution < -0.4 is 5.73 Å². The average molecular weight is 351 g/mol. The van der Waals surface area contributed by atoms with Crippen molar-refractivity contribution in [3.8, 4) is 10.4 Å². The molecule has 0 saturated carbocycles. The van der Waals surface area contributed by atoms with Crippen molar-refractivity contribution in [1.29, 1.82) is 0 Å². The molecule has 1 aliphatic heterocycles. The summed E-state index contributed by atoms with van der Waals surface area (Å²) >= 11 is 3.17. The van der Waals surface area contributed by atoms with Gasteiger partial charge in [-0.15, -0.1) is 22.7 Å². The lowest BCUT2D eigenvalue weighted by Crippen LogP contribution is -2.28. The molecular weight excluding hydrogens is 328 g/mol. The van der Waals surface area contributed by atoms with Crippen LogP contribution in [0.4, 0.5) is 5.00 Å². The largest absolute Gasteiger partial charge is 0.462 e. The number of thiophene rings is 2. The Morgan fingerprint density at radius 1 is 1.35 bits per heavy atom. The van der Waals surface area contributed by atoms with Gasteiger partial charge in [-0.3, -0.25) is 4.90 Å². The van der Waals surface area contributed by atoms with E-state index in [0.717, 1.165) is 30.1 Å². The summed E-state index contributed by atoms with van der Waals surface area (Å²) in [6, 6.07) is 4.06. The summed E-state index contributed by atoms with van der Waals surface area (Å²) in [6.07, 6.45) is 3.81. The van der Waals surface area contributed by atoms with Gasteiger partial charge in [-0.05, 0) is 44.3 Å². The first-order valence-electron chi connectivity index (χ1n) is 8.05. The van der Waals surface area contributed by atoms with Crippen LogP contribution in [0.1, 0.15) is 41.4 Å². The second-order valence-electron chi connectivity index (χ2n) is 5.67. The SMILES string of the molecule is CCOC(=O)c1c(N)sc(CN2CCCCC2)c1-c1cccs1. The number of carbonyl (C=O) groups excluding carboxylic acids is 1. The Kier molecular flexibility index (Phi) is 5.35. The number of anilines is 1. The Hall–Kier alpha value is -1.37. The number of esters is 1. The van der Waals surface area contributed by atoms with Gasteiger partial charge in [0.1, 0.15) is 10.6 Å². The van der Waals surface area contributed by atoms with Gasteiger partial charge in [0.15, 0.2) is 0 Å². The van der Waals surface area contributed by atoms with Crippen molar-refractivity contribution in [3.63, 3.8) is 0 Å². The molecule has 0 aliphatic carbocycles. The summed E-state index contributed by atoms with van der Waals surface area (Å²) < 4.78 is 5.23. The molecule has 1 aliphatic rings. The Morgan fingerprint density at radius 2 is 2.13 bits per heavy atom.